The van der Waals surface area contributed by atoms with Crippen LogP contribution >= 0.6 is 0 Å². The van der Waals surface area contributed by atoms with E-state index >= 15 is 0 Å². The van der Waals surface area contributed by atoms with E-state index in [1.54, 1.807) is 6.92 Å². The lowest BCUT2D eigenvalue weighted by atomic mass is 9.91. The topological polar surface area (TPSA) is 46.5 Å². The summed E-state index contributed by atoms with van der Waals surface area (Å²) < 4.78 is 17.9. The molecule has 0 bridgehead atoms. The van der Waals surface area contributed by atoms with E-state index in [2.05, 4.69) is 4.74 Å². The van der Waals surface area contributed by atoms with Crippen LogP contribution in [0.4, 0.5) is 4.39 Å². The Morgan fingerprint density at radius 2 is 2.36 bits per heavy atom. The van der Waals surface area contributed by atoms with Crippen LogP contribution in [0, 0.1) is 0 Å². The summed E-state index contributed by atoms with van der Waals surface area (Å²) in [5.41, 5.74) is 0.203. The van der Waals surface area contributed by atoms with Crippen molar-refractivity contribution in [3.05, 3.63) is 11.4 Å². The minimum absolute atomic E-state index is 0.148. The molecule has 0 aromatic rings. The van der Waals surface area contributed by atoms with Gasteiger partial charge in [-0.05, 0) is 26.2 Å². The quantitative estimate of drug-likeness (QED) is 0.547. The lowest BCUT2D eigenvalue weighted by molar-refractivity contribution is -0.140. The molecule has 1 rings (SSSR count). The number of carbonyl (C=O) groups is 1. The Balaban J connectivity index is 2.74. The molecular formula is C10H15FO3. The van der Waals surface area contributed by atoms with Crippen molar-refractivity contribution in [2.24, 2.45) is 0 Å². The number of carbonyl (C=O) groups excluding carboxylic acids is 1. The lowest BCUT2D eigenvalue weighted by Gasteiger charge is -2.20. The van der Waals surface area contributed by atoms with E-state index in [9.17, 15) is 14.3 Å². The molecule has 0 aromatic heterocycles. The van der Waals surface area contributed by atoms with Crippen molar-refractivity contribution in [2.75, 3.05) is 6.61 Å². The van der Waals surface area contributed by atoms with Crippen LogP contribution in [0.5, 0.6) is 0 Å². The van der Waals surface area contributed by atoms with Crippen molar-refractivity contribution >= 4 is 5.97 Å². The molecule has 0 aromatic carbocycles. The lowest BCUT2D eigenvalue weighted by Crippen LogP contribution is -2.19. The third-order valence-electron chi connectivity index (χ3n) is 2.31. The average Bonchev–Trinajstić information content (AvgIpc) is 2.18. The molecule has 1 unspecified atom stereocenters. The monoisotopic (exact) mass is 202 g/mol. The predicted molar refractivity (Wildman–Crippen MR) is 49.2 cm³/mol. The summed E-state index contributed by atoms with van der Waals surface area (Å²) in [7, 11) is 0. The van der Waals surface area contributed by atoms with E-state index < -0.39 is 17.9 Å². The van der Waals surface area contributed by atoms with Gasteiger partial charge in [0.15, 0.2) is 0 Å². The molecule has 14 heavy (non-hydrogen) atoms. The highest BCUT2D eigenvalue weighted by atomic mass is 19.1. The van der Waals surface area contributed by atoms with Crippen molar-refractivity contribution in [2.45, 2.75) is 38.7 Å². The Kier molecular flexibility index (Phi) is 4.07. The molecule has 1 saturated carbocycles. The van der Waals surface area contributed by atoms with Gasteiger partial charge >= 0.3 is 5.97 Å². The van der Waals surface area contributed by atoms with Gasteiger partial charge in [-0.15, -0.1) is 0 Å². The van der Waals surface area contributed by atoms with E-state index in [0.717, 1.165) is 12.8 Å². The largest absolute Gasteiger partial charge is 0.461 e. The second kappa shape index (κ2) is 5.10. The third kappa shape index (κ3) is 2.54. The third-order valence-corrected chi connectivity index (χ3v) is 2.31. The zero-order valence-corrected chi connectivity index (χ0v) is 8.25. The van der Waals surface area contributed by atoms with Gasteiger partial charge in [0.1, 0.15) is 0 Å². The van der Waals surface area contributed by atoms with Gasteiger partial charge in [-0.25, -0.2) is 4.79 Å². The maximum atomic E-state index is 13.4. The van der Waals surface area contributed by atoms with Crippen molar-refractivity contribution < 1.29 is 19.0 Å². The predicted octanol–water partition coefficient (Wildman–Crippen LogP) is 1.71. The normalized spacial score (nSPS) is 25.8. The molecule has 3 nitrogen and oxygen atoms in total. The average molecular weight is 202 g/mol. The first-order valence-corrected chi connectivity index (χ1v) is 4.90. The molecule has 1 aliphatic carbocycles. The second-order valence-corrected chi connectivity index (χ2v) is 3.32. The molecule has 1 atom stereocenters. The standard InChI is InChI=1S/C10H15FO3/c1-2-14-10(13)9(11)7-5-3-4-6-8(7)12/h8,12H,2-6H2,1H3/b9-7-. The molecule has 0 saturated heterocycles. The Hall–Kier alpha value is -0.900. The Morgan fingerprint density at radius 3 is 2.93 bits per heavy atom. The molecular weight excluding hydrogens is 187 g/mol. The summed E-state index contributed by atoms with van der Waals surface area (Å²) in [5, 5.41) is 9.45. The highest BCUT2D eigenvalue weighted by molar-refractivity contribution is 5.87. The first-order valence-electron chi connectivity index (χ1n) is 4.90. The molecule has 0 spiro atoms. The number of hydrogen-bond acceptors (Lipinski definition) is 3. The van der Waals surface area contributed by atoms with E-state index in [-0.39, 0.29) is 12.2 Å². The van der Waals surface area contributed by atoms with E-state index in [1.807, 2.05) is 0 Å². The highest BCUT2D eigenvalue weighted by Crippen LogP contribution is 2.27. The van der Waals surface area contributed by atoms with Gasteiger partial charge in [-0.3, -0.25) is 0 Å². The van der Waals surface area contributed by atoms with Gasteiger partial charge in [0.05, 0.1) is 12.7 Å². The molecule has 0 amide bonds. The van der Waals surface area contributed by atoms with E-state index in [4.69, 9.17) is 0 Å². The SMILES string of the molecule is CCOC(=O)/C(F)=C1\CCCCC1O. The highest BCUT2D eigenvalue weighted by Gasteiger charge is 2.24. The molecule has 1 aliphatic rings. The Morgan fingerprint density at radius 1 is 1.64 bits per heavy atom. The second-order valence-electron chi connectivity index (χ2n) is 3.32. The van der Waals surface area contributed by atoms with E-state index in [0.29, 0.717) is 12.8 Å². The molecule has 1 fully saturated rings. The Bertz CT molecular complexity index is 248. The van der Waals surface area contributed by atoms with Crippen molar-refractivity contribution in [3.63, 3.8) is 0 Å². The maximum absolute atomic E-state index is 13.4. The molecule has 1 N–H and O–H groups in total. The summed E-state index contributed by atoms with van der Waals surface area (Å²) in [6, 6.07) is 0. The van der Waals surface area contributed by atoms with Crippen LogP contribution < -0.4 is 0 Å². The molecule has 4 heteroatoms. The fraction of sp³-hybridized carbons (Fsp3) is 0.700. The van der Waals surface area contributed by atoms with Crippen LogP contribution in [0.25, 0.3) is 0 Å². The van der Waals surface area contributed by atoms with Gasteiger partial charge in [-0.1, -0.05) is 6.42 Å². The fourth-order valence-electron chi connectivity index (χ4n) is 1.58. The first kappa shape index (κ1) is 11.2. The van der Waals surface area contributed by atoms with Gasteiger partial charge in [-0.2, -0.15) is 4.39 Å². The number of ether oxygens (including phenoxy) is 1. The van der Waals surface area contributed by atoms with E-state index in [1.165, 1.54) is 0 Å². The summed E-state index contributed by atoms with van der Waals surface area (Å²) in [5.74, 6) is -1.86. The smallest absolute Gasteiger partial charge is 0.367 e. The molecule has 0 radical (unpaired) electrons. The first-order chi connectivity index (χ1) is 6.66. The van der Waals surface area contributed by atoms with Gasteiger partial charge in [0.2, 0.25) is 5.83 Å². The van der Waals surface area contributed by atoms with Crippen LogP contribution in [0.2, 0.25) is 0 Å². The van der Waals surface area contributed by atoms with Crippen LogP contribution in [0.15, 0.2) is 11.4 Å². The number of rotatable bonds is 2. The molecule has 0 aliphatic heterocycles. The number of aliphatic hydroxyl groups is 1. The number of aliphatic hydroxyl groups excluding tert-OH is 1. The minimum Gasteiger partial charge on any atom is -0.461 e. The Labute approximate surface area is 82.6 Å². The summed E-state index contributed by atoms with van der Waals surface area (Å²) >= 11 is 0. The maximum Gasteiger partial charge on any atom is 0.367 e. The van der Waals surface area contributed by atoms with Crippen LogP contribution in [-0.4, -0.2) is 23.8 Å². The van der Waals surface area contributed by atoms with Crippen molar-refractivity contribution in [1.82, 2.24) is 0 Å². The van der Waals surface area contributed by atoms with Crippen LogP contribution in [-0.2, 0) is 9.53 Å². The summed E-state index contributed by atoms with van der Waals surface area (Å²) in [6.07, 6.45) is 1.86. The van der Waals surface area contributed by atoms with Crippen molar-refractivity contribution in [1.29, 1.82) is 0 Å². The zero-order valence-electron chi connectivity index (χ0n) is 8.25. The zero-order chi connectivity index (χ0) is 10.6. The van der Waals surface area contributed by atoms with Gasteiger partial charge in [0.25, 0.3) is 0 Å². The number of halogens is 1. The van der Waals surface area contributed by atoms with Gasteiger partial charge < -0.3 is 9.84 Å². The number of hydrogen-bond donors (Lipinski definition) is 1. The van der Waals surface area contributed by atoms with Crippen LogP contribution in [0.3, 0.4) is 0 Å². The minimum atomic E-state index is -0.955. The summed E-state index contributed by atoms with van der Waals surface area (Å²) in [6.45, 7) is 1.77. The molecule has 0 heterocycles. The summed E-state index contributed by atoms with van der Waals surface area (Å²) in [4.78, 5) is 11.0. The van der Waals surface area contributed by atoms with Gasteiger partial charge in [0, 0.05) is 5.57 Å². The number of esters is 1. The van der Waals surface area contributed by atoms with Crippen molar-refractivity contribution in [3.8, 4) is 0 Å². The molecule has 80 valence electrons. The van der Waals surface area contributed by atoms with Crippen LogP contribution in [0.1, 0.15) is 32.6 Å². The fourth-order valence-corrected chi connectivity index (χ4v) is 1.58.